The second-order valence-corrected chi connectivity index (χ2v) is 5.02. The predicted molar refractivity (Wildman–Crippen MR) is 75.0 cm³/mol. The third-order valence-electron chi connectivity index (χ3n) is 3.52. The number of carbonyl (C=O) groups excluding carboxylic acids is 1. The van der Waals surface area contributed by atoms with Crippen molar-refractivity contribution in [3.05, 3.63) is 24.5 Å². The molecule has 5 nitrogen and oxygen atoms in total. The number of aromatic nitrogens is 2. The van der Waals surface area contributed by atoms with Crippen molar-refractivity contribution in [2.75, 3.05) is 25.0 Å². The lowest BCUT2D eigenvalue weighted by molar-refractivity contribution is -0.117. The normalized spacial score (nSPS) is 16.6. The van der Waals surface area contributed by atoms with E-state index in [1.165, 1.54) is 19.3 Å². The largest absolute Gasteiger partial charge is 0.345 e. The van der Waals surface area contributed by atoms with E-state index < -0.39 is 0 Å². The first-order valence-electron chi connectivity index (χ1n) is 6.76. The smallest absolute Gasteiger partial charge is 0.238 e. The third-order valence-corrected chi connectivity index (χ3v) is 3.52. The molecular weight excluding hydrogens is 240 g/mol. The van der Waals surface area contributed by atoms with Crippen LogP contribution in [0.4, 0.5) is 5.69 Å². The number of hydrogen-bond acceptors (Lipinski definition) is 3. The van der Waals surface area contributed by atoms with Gasteiger partial charge in [0, 0.05) is 5.69 Å². The van der Waals surface area contributed by atoms with Gasteiger partial charge in [-0.15, -0.1) is 0 Å². The Bertz CT molecular complexity index is 572. The van der Waals surface area contributed by atoms with Gasteiger partial charge in [0.05, 0.1) is 23.9 Å². The van der Waals surface area contributed by atoms with Crippen molar-refractivity contribution in [3.8, 4) is 0 Å². The van der Waals surface area contributed by atoms with Crippen LogP contribution in [0.1, 0.15) is 19.3 Å². The number of benzene rings is 1. The lowest BCUT2D eigenvalue weighted by atomic mass is 10.1. The maximum absolute atomic E-state index is 12.0. The van der Waals surface area contributed by atoms with Gasteiger partial charge in [-0.25, -0.2) is 4.98 Å². The van der Waals surface area contributed by atoms with E-state index in [0.717, 1.165) is 29.8 Å². The number of nitrogens with zero attached hydrogens (tertiary/aromatic N) is 2. The molecule has 19 heavy (non-hydrogen) atoms. The second kappa shape index (κ2) is 5.40. The van der Waals surface area contributed by atoms with E-state index in [-0.39, 0.29) is 5.91 Å². The fraction of sp³-hybridized carbons (Fsp3) is 0.429. The zero-order valence-electron chi connectivity index (χ0n) is 10.9. The molecule has 1 fully saturated rings. The first-order valence-corrected chi connectivity index (χ1v) is 6.76. The third kappa shape index (κ3) is 2.93. The highest BCUT2D eigenvalue weighted by atomic mass is 16.2. The van der Waals surface area contributed by atoms with Crippen LogP contribution in [0.5, 0.6) is 0 Å². The molecule has 0 atom stereocenters. The van der Waals surface area contributed by atoms with Crippen LogP contribution in [0.15, 0.2) is 24.5 Å². The summed E-state index contributed by atoms with van der Waals surface area (Å²) in [4.78, 5) is 21.4. The molecule has 1 saturated heterocycles. The summed E-state index contributed by atoms with van der Waals surface area (Å²) in [7, 11) is 0. The molecular formula is C14H18N4O. The van der Waals surface area contributed by atoms with Crippen LogP contribution in [0.2, 0.25) is 0 Å². The summed E-state index contributed by atoms with van der Waals surface area (Å²) in [6.07, 6.45) is 5.34. The molecule has 3 rings (SSSR count). The molecule has 1 amide bonds. The van der Waals surface area contributed by atoms with E-state index in [1.54, 1.807) is 6.33 Å². The summed E-state index contributed by atoms with van der Waals surface area (Å²) in [6.45, 7) is 2.55. The number of fused-ring (bicyclic) bond motifs is 1. The van der Waals surface area contributed by atoms with Gasteiger partial charge in [-0.3, -0.25) is 9.69 Å². The number of piperidine rings is 1. The number of nitrogens with one attached hydrogen (secondary N) is 2. The number of amides is 1. The minimum atomic E-state index is 0.0526. The lowest BCUT2D eigenvalue weighted by Gasteiger charge is -2.25. The number of aromatic amines is 1. The number of hydrogen-bond donors (Lipinski definition) is 2. The van der Waals surface area contributed by atoms with Gasteiger partial charge in [0.2, 0.25) is 5.91 Å². The van der Waals surface area contributed by atoms with Gasteiger partial charge < -0.3 is 10.3 Å². The standard InChI is InChI=1S/C14H18N4O/c19-14(9-18-6-2-1-3-7-18)17-11-4-5-12-13(8-11)16-10-15-12/h4-5,8,10H,1-3,6-7,9H2,(H,15,16)(H,17,19). The lowest BCUT2D eigenvalue weighted by Crippen LogP contribution is -2.36. The van der Waals surface area contributed by atoms with Gasteiger partial charge in [-0.1, -0.05) is 6.42 Å². The molecule has 5 heteroatoms. The Balaban J connectivity index is 1.61. The van der Waals surface area contributed by atoms with Crippen molar-refractivity contribution < 1.29 is 4.79 Å². The van der Waals surface area contributed by atoms with E-state index >= 15 is 0 Å². The summed E-state index contributed by atoms with van der Waals surface area (Å²) < 4.78 is 0. The molecule has 2 aromatic rings. The van der Waals surface area contributed by atoms with Crippen molar-refractivity contribution in [2.45, 2.75) is 19.3 Å². The van der Waals surface area contributed by atoms with Crippen molar-refractivity contribution in [3.63, 3.8) is 0 Å². The van der Waals surface area contributed by atoms with Crippen LogP contribution in [-0.2, 0) is 4.79 Å². The quantitative estimate of drug-likeness (QED) is 0.885. The molecule has 1 aliphatic heterocycles. The summed E-state index contributed by atoms with van der Waals surface area (Å²) >= 11 is 0. The summed E-state index contributed by atoms with van der Waals surface area (Å²) in [5, 5.41) is 2.94. The highest BCUT2D eigenvalue weighted by Crippen LogP contribution is 2.16. The van der Waals surface area contributed by atoms with E-state index in [1.807, 2.05) is 18.2 Å². The number of anilines is 1. The van der Waals surface area contributed by atoms with Gasteiger partial charge in [0.15, 0.2) is 0 Å². The Labute approximate surface area is 112 Å². The Morgan fingerprint density at radius 1 is 1.32 bits per heavy atom. The zero-order chi connectivity index (χ0) is 13.1. The molecule has 2 heterocycles. The first kappa shape index (κ1) is 12.2. The van der Waals surface area contributed by atoms with Crippen LogP contribution in [0, 0.1) is 0 Å². The maximum Gasteiger partial charge on any atom is 0.238 e. The SMILES string of the molecule is O=C(CN1CCCCC1)Nc1ccc2[nH]cnc2c1. The zero-order valence-corrected chi connectivity index (χ0v) is 10.9. The van der Waals surface area contributed by atoms with Crippen LogP contribution < -0.4 is 5.32 Å². The molecule has 0 radical (unpaired) electrons. The van der Waals surface area contributed by atoms with Gasteiger partial charge in [-0.2, -0.15) is 0 Å². The summed E-state index contributed by atoms with van der Waals surface area (Å²) in [6, 6.07) is 5.72. The fourth-order valence-corrected chi connectivity index (χ4v) is 2.53. The van der Waals surface area contributed by atoms with Crippen LogP contribution in [0.25, 0.3) is 11.0 Å². The molecule has 2 N–H and O–H groups in total. The topological polar surface area (TPSA) is 61.0 Å². The van der Waals surface area contributed by atoms with E-state index in [2.05, 4.69) is 20.2 Å². The van der Waals surface area contributed by atoms with Crippen molar-refractivity contribution >= 4 is 22.6 Å². The highest BCUT2D eigenvalue weighted by Gasteiger charge is 2.13. The minimum Gasteiger partial charge on any atom is -0.345 e. The van der Waals surface area contributed by atoms with Crippen LogP contribution >= 0.6 is 0 Å². The molecule has 1 aromatic carbocycles. The van der Waals surface area contributed by atoms with Crippen molar-refractivity contribution in [2.24, 2.45) is 0 Å². The number of imidazole rings is 1. The Morgan fingerprint density at radius 3 is 3.00 bits per heavy atom. The summed E-state index contributed by atoms with van der Waals surface area (Å²) in [5.41, 5.74) is 2.66. The van der Waals surface area contributed by atoms with Gasteiger partial charge in [0.1, 0.15) is 0 Å². The van der Waals surface area contributed by atoms with Crippen molar-refractivity contribution in [1.29, 1.82) is 0 Å². The average Bonchev–Trinajstić information content (AvgIpc) is 2.87. The van der Waals surface area contributed by atoms with E-state index in [4.69, 9.17) is 0 Å². The Kier molecular flexibility index (Phi) is 3.46. The van der Waals surface area contributed by atoms with E-state index in [9.17, 15) is 4.79 Å². The number of likely N-dealkylation sites (tertiary alicyclic amines) is 1. The number of rotatable bonds is 3. The molecule has 1 aliphatic rings. The molecule has 0 aliphatic carbocycles. The molecule has 0 bridgehead atoms. The fourth-order valence-electron chi connectivity index (χ4n) is 2.53. The minimum absolute atomic E-state index is 0.0526. The number of carbonyl (C=O) groups is 1. The van der Waals surface area contributed by atoms with Crippen LogP contribution in [0.3, 0.4) is 0 Å². The average molecular weight is 258 g/mol. The number of H-pyrrole nitrogens is 1. The maximum atomic E-state index is 12.0. The Morgan fingerprint density at radius 2 is 2.16 bits per heavy atom. The van der Waals surface area contributed by atoms with Crippen LogP contribution in [-0.4, -0.2) is 40.4 Å². The highest BCUT2D eigenvalue weighted by molar-refractivity contribution is 5.94. The molecule has 0 unspecified atom stereocenters. The van der Waals surface area contributed by atoms with Gasteiger partial charge in [-0.05, 0) is 44.1 Å². The summed E-state index contributed by atoms with van der Waals surface area (Å²) in [5.74, 6) is 0.0526. The Hall–Kier alpha value is -1.88. The van der Waals surface area contributed by atoms with Crippen molar-refractivity contribution in [1.82, 2.24) is 14.9 Å². The van der Waals surface area contributed by atoms with Gasteiger partial charge >= 0.3 is 0 Å². The molecule has 1 aromatic heterocycles. The monoisotopic (exact) mass is 258 g/mol. The first-order chi connectivity index (χ1) is 9.31. The second-order valence-electron chi connectivity index (χ2n) is 5.02. The van der Waals surface area contributed by atoms with Gasteiger partial charge in [0.25, 0.3) is 0 Å². The predicted octanol–water partition coefficient (Wildman–Crippen LogP) is 1.99. The molecule has 100 valence electrons. The van der Waals surface area contributed by atoms with E-state index in [0.29, 0.717) is 6.54 Å². The molecule has 0 spiro atoms. The molecule has 0 saturated carbocycles.